The lowest BCUT2D eigenvalue weighted by molar-refractivity contribution is 1.14. The predicted octanol–water partition coefficient (Wildman–Crippen LogP) is 2.77. The first kappa shape index (κ1) is 12.8. The molecular formula is C14H15N5. The Balaban J connectivity index is 2.16. The topological polar surface area (TPSA) is 73.6 Å². The number of hydrogen-bond donors (Lipinski definition) is 2. The monoisotopic (exact) mass is 253 g/mol. The minimum atomic E-state index is 0.222. The SMILES string of the molecule is Cc1ccc(Nc2cc(NCC#N)ncn2)c(C)c1. The van der Waals surface area contributed by atoms with E-state index in [1.165, 1.54) is 11.9 Å². The van der Waals surface area contributed by atoms with Crippen molar-refractivity contribution in [3.05, 3.63) is 41.7 Å². The van der Waals surface area contributed by atoms with Crippen LogP contribution in [0.15, 0.2) is 30.6 Å². The number of benzene rings is 1. The Kier molecular flexibility index (Phi) is 3.94. The molecule has 0 amide bonds. The molecule has 2 N–H and O–H groups in total. The third kappa shape index (κ3) is 3.42. The molecule has 0 aliphatic heterocycles. The second-order valence-electron chi connectivity index (χ2n) is 4.24. The summed E-state index contributed by atoms with van der Waals surface area (Å²) in [6.45, 7) is 4.33. The summed E-state index contributed by atoms with van der Waals surface area (Å²) in [6, 6.07) is 9.96. The highest BCUT2D eigenvalue weighted by Gasteiger charge is 2.02. The van der Waals surface area contributed by atoms with Gasteiger partial charge in [0.05, 0.1) is 6.07 Å². The molecule has 96 valence electrons. The molecule has 2 rings (SSSR count). The smallest absolute Gasteiger partial charge is 0.135 e. The van der Waals surface area contributed by atoms with Gasteiger partial charge < -0.3 is 10.6 Å². The minimum Gasteiger partial charge on any atom is -0.357 e. The Hall–Kier alpha value is -2.61. The Morgan fingerprint density at radius 1 is 1.16 bits per heavy atom. The fraction of sp³-hybridized carbons (Fsp3) is 0.214. The Bertz CT molecular complexity index is 615. The lowest BCUT2D eigenvalue weighted by Gasteiger charge is -2.10. The Labute approximate surface area is 112 Å². The van der Waals surface area contributed by atoms with E-state index in [1.54, 1.807) is 6.07 Å². The van der Waals surface area contributed by atoms with Crippen molar-refractivity contribution in [2.75, 3.05) is 17.2 Å². The van der Waals surface area contributed by atoms with Crippen molar-refractivity contribution in [2.24, 2.45) is 0 Å². The highest BCUT2D eigenvalue weighted by Crippen LogP contribution is 2.20. The molecule has 0 bridgehead atoms. The minimum absolute atomic E-state index is 0.222. The number of anilines is 3. The lowest BCUT2D eigenvalue weighted by Crippen LogP contribution is -2.03. The largest absolute Gasteiger partial charge is 0.357 e. The molecule has 5 heteroatoms. The summed E-state index contributed by atoms with van der Waals surface area (Å²) in [7, 11) is 0. The normalized spacial score (nSPS) is 9.74. The summed E-state index contributed by atoms with van der Waals surface area (Å²) in [4.78, 5) is 8.20. The summed E-state index contributed by atoms with van der Waals surface area (Å²) in [6.07, 6.45) is 1.46. The molecule has 1 aromatic heterocycles. The zero-order valence-corrected chi connectivity index (χ0v) is 10.9. The summed E-state index contributed by atoms with van der Waals surface area (Å²) < 4.78 is 0. The average molecular weight is 253 g/mol. The fourth-order valence-electron chi connectivity index (χ4n) is 1.74. The number of aryl methyl sites for hydroxylation is 2. The van der Waals surface area contributed by atoms with Crippen LogP contribution in [-0.2, 0) is 0 Å². The van der Waals surface area contributed by atoms with E-state index in [2.05, 4.69) is 33.6 Å². The predicted molar refractivity (Wildman–Crippen MR) is 75.3 cm³/mol. The maximum absolute atomic E-state index is 8.52. The maximum atomic E-state index is 8.52. The molecule has 5 nitrogen and oxygen atoms in total. The van der Waals surface area contributed by atoms with Crippen molar-refractivity contribution in [1.82, 2.24) is 9.97 Å². The number of aromatic nitrogens is 2. The van der Waals surface area contributed by atoms with Crippen LogP contribution in [0.2, 0.25) is 0 Å². The molecule has 1 heterocycles. The number of nitrogens with one attached hydrogen (secondary N) is 2. The van der Waals surface area contributed by atoms with Gasteiger partial charge in [0, 0.05) is 11.8 Å². The zero-order valence-electron chi connectivity index (χ0n) is 10.9. The highest BCUT2D eigenvalue weighted by molar-refractivity contribution is 5.62. The zero-order chi connectivity index (χ0) is 13.7. The van der Waals surface area contributed by atoms with Crippen LogP contribution in [0.25, 0.3) is 0 Å². The molecule has 0 radical (unpaired) electrons. The van der Waals surface area contributed by atoms with Gasteiger partial charge in [-0.25, -0.2) is 9.97 Å². The first-order valence-electron chi connectivity index (χ1n) is 5.96. The second kappa shape index (κ2) is 5.83. The van der Waals surface area contributed by atoms with E-state index in [4.69, 9.17) is 5.26 Å². The average Bonchev–Trinajstić information content (AvgIpc) is 2.40. The van der Waals surface area contributed by atoms with Crippen LogP contribution in [0.3, 0.4) is 0 Å². The molecule has 0 fully saturated rings. The number of rotatable bonds is 4. The first-order chi connectivity index (χ1) is 9.19. The number of hydrogen-bond acceptors (Lipinski definition) is 5. The van der Waals surface area contributed by atoms with Gasteiger partial charge in [-0.2, -0.15) is 5.26 Å². The van der Waals surface area contributed by atoms with Crippen LogP contribution in [-0.4, -0.2) is 16.5 Å². The van der Waals surface area contributed by atoms with Gasteiger partial charge in [0.1, 0.15) is 24.5 Å². The molecule has 19 heavy (non-hydrogen) atoms. The van der Waals surface area contributed by atoms with Crippen molar-refractivity contribution >= 4 is 17.3 Å². The van der Waals surface area contributed by atoms with Gasteiger partial charge in [0.25, 0.3) is 0 Å². The molecule has 0 saturated heterocycles. The fourth-order valence-corrected chi connectivity index (χ4v) is 1.74. The highest BCUT2D eigenvalue weighted by atomic mass is 15.1. The van der Waals surface area contributed by atoms with Gasteiger partial charge >= 0.3 is 0 Å². The Morgan fingerprint density at radius 2 is 1.95 bits per heavy atom. The van der Waals surface area contributed by atoms with E-state index in [9.17, 15) is 0 Å². The van der Waals surface area contributed by atoms with E-state index in [1.807, 2.05) is 25.1 Å². The van der Waals surface area contributed by atoms with Crippen molar-refractivity contribution in [3.63, 3.8) is 0 Å². The molecule has 1 aromatic carbocycles. The van der Waals surface area contributed by atoms with E-state index in [0.29, 0.717) is 11.6 Å². The van der Waals surface area contributed by atoms with E-state index in [0.717, 1.165) is 11.3 Å². The first-order valence-corrected chi connectivity index (χ1v) is 5.96. The van der Waals surface area contributed by atoms with Gasteiger partial charge in [0.2, 0.25) is 0 Å². The maximum Gasteiger partial charge on any atom is 0.135 e. The van der Waals surface area contributed by atoms with Crippen LogP contribution >= 0.6 is 0 Å². The molecular weight excluding hydrogens is 238 g/mol. The van der Waals surface area contributed by atoms with Gasteiger partial charge in [0.15, 0.2) is 0 Å². The second-order valence-corrected chi connectivity index (χ2v) is 4.24. The van der Waals surface area contributed by atoms with Gasteiger partial charge in [-0.3, -0.25) is 0 Å². The molecule has 0 atom stereocenters. The quantitative estimate of drug-likeness (QED) is 0.819. The summed E-state index contributed by atoms with van der Waals surface area (Å²) >= 11 is 0. The molecule has 2 aromatic rings. The Morgan fingerprint density at radius 3 is 2.68 bits per heavy atom. The van der Waals surface area contributed by atoms with Crippen LogP contribution in [0, 0.1) is 25.2 Å². The molecule has 0 aliphatic carbocycles. The summed E-state index contributed by atoms with van der Waals surface area (Å²) in [5.41, 5.74) is 3.39. The van der Waals surface area contributed by atoms with Crippen molar-refractivity contribution in [2.45, 2.75) is 13.8 Å². The van der Waals surface area contributed by atoms with Crippen LogP contribution in [0.4, 0.5) is 17.3 Å². The summed E-state index contributed by atoms with van der Waals surface area (Å²) in [5.74, 6) is 1.33. The van der Waals surface area contributed by atoms with E-state index in [-0.39, 0.29) is 6.54 Å². The number of nitrogens with zero attached hydrogens (tertiary/aromatic N) is 3. The van der Waals surface area contributed by atoms with Crippen LogP contribution in [0.1, 0.15) is 11.1 Å². The van der Waals surface area contributed by atoms with Gasteiger partial charge in [-0.1, -0.05) is 17.7 Å². The van der Waals surface area contributed by atoms with Gasteiger partial charge in [-0.05, 0) is 25.5 Å². The third-order valence-corrected chi connectivity index (χ3v) is 2.66. The molecule has 0 saturated carbocycles. The van der Waals surface area contributed by atoms with Crippen molar-refractivity contribution < 1.29 is 0 Å². The van der Waals surface area contributed by atoms with Gasteiger partial charge in [-0.15, -0.1) is 0 Å². The third-order valence-electron chi connectivity index (χ3n) is 2.66. The van der Waals surface area contributed by atoms with Crippen molar-refractivity contribution in [3.8, 4) is 6.07 Å². The van der Waals surface area contributed by atoms with Crippen LogP contribution in [0.5, 0.6) is 0 Å². The molecule has 0 aliphatic rings. The van der Waals surface area contributed by atoms with Crippen molar-refractivity contribution in [1.29, 1.82) is 5.26 Å². The van der Waals surface area contributed by atoms with Crippen LogP contribution < -0.4 is 10.6 Å². The van der Waals surface area contributed by atoms with E-state index >= 15 is 0 Å². The number of nitriles is 1. The summed E-state index contributed by atoms with van der Waals surface area (Å²) in [5, 5.41) is 14.7. The standard InChI is InChI=1S/C14H15N5/c1-10-3-4-12(11(2)7-10)19-14-8-13(16-6-5-15)17-9-18-14/h3-4,7-9H,6H2,1-2H3,(H2,16,17,18,19). The lowest BCUT2D eigenvalue weighted by atomic mass is 10.1. The molecule has 0 spiro atoms. The van der Waals surface area contributed by atoms with E-state index < -0.39 is 0 Å². The molecule has 0 unspecified atom stereocenters.